The maximum atomic E-state index is 12.4. The van der Waals surface area contributed by atoms with Crippen molar-refractivity contribution in [3.63, 3.8) is 0 Å². The number of phenols is 1. The van der Waals surface area contributed by atoms with Crippen LogP contribution in [0.5, 0.6) is 5.75 Å². The Balaban J connectivity index is 1.51. The van der Waals surface area contributed by atoms with Crippen LogP contribution in [-0.2, 0) is 10.2 Å². The Kier molecular flexibility index (Phi) is 7.31. The number of aromatic hydroxyl groups is 1. The summed E-state index contributed by atoms with van der Waals surface area (Å²) in [5.41, 5.74) is 6.46. The number of nitrogens with one attached hydrogen (secondary N) is 1. The zero-order valence-corrected chi connectivity index (χ0v) is 20.7. The average Bonchev–Trinajstić information content (AvgIpc) is 3.28. The Hall–Kier alpha value is -3.91. The van der Waals surface area contributed by atoms with E-state index in [4.69, 9.17) is 0 Å². The van der Waals surface area contributed by atoms with Gasteiger partial charge in [0.05, 0.1) is 12.0 Å². The van der Waals surface area contributed by atoms with Crippen LogP contribution in [0.15, 0.2) is 89.1 Å². The molecule has 178 valence electrons. The molecule has 4 aromatic rings. The molecule has 2 N–H and O–H groups in total. The number of carbonyl (C=O) groups excluding carboxylic acids is 1. The Bertz CT molecular complexity index is 1310. The monoisotopic (exact) mass is 485 g/mol. The molecule has 0 saturated carbocycles. The van der Waals surface area contributed by atoms with Crippen LogP contribution in [0.25, 0.3) is 17.1 Å². The highest BCUT2D eigenvalue weighted by Gasteiger charge is 2.19. The lowest BCUT2D eigenvalue weighted by atomic mass is 9.87. The maximum absolute atomic E-state index is 12.4. The molecule has 0 radical (unpaired) electrons. The summed E-state index contributed by atoms with van der Waals surface area (Å²) >= 11 is 1.29. The molecule has 1 heterocycles. The normalized spacial score (nSPS) is 11.6. The van der Waals surface area contributed by atoms with E-state index in [0.29, 0.717) is 11.0 Å². The number of aromatic nitrogens is 3. The van der Waals surface area contributed by atoms with Gasteiger partial charge in [0, 0.05) is 11.3 Å². The lowest BCUT2D eigenvalue weighted by Gasteiger charge is -2.19. The Morgan fingerprint density at radius 3 is 2.34 bits per heavy atom. The fourth-order valence-electron chi connectivity index (χ4n) is 3.38. The fourth-order valence-corrected chi connectivity index (χ4v) is 4.13. The first-order valence-corrected chi connectivity index (χ1v) is 12.2. The summed E-state index contributed by atoms with van der Waals surface area (Å²) in [6.45, 7) is 6.55. The van der Waals surface area contributed by atoms with Crippen molar-refractivity contribution in [1.29, 1.82) is 0 Å². The summed E-state index contributed by atoms with van der Waals surface area (Å²) in [7, 11) is 0. The van der Waals surface area contributed by atoms with Gasteiger partial charge in [-0.15, -0.1) is 10.2 Å². The standard InChI is InChI=1S/C27H27N5O2S/c1-27(2,3)21-13-11-20(12-14-21)25-30-31-26(32(25)22-7-5-4-6-8-22)35-18-24(34)29-28-17-19-9-15-23(33)16-10-19/h4-17,33H,18H2,1-3H3,(H,29,34)/b28-17+. The number of amides is 1. The fraction of sp³-hybridized carbons (Fsp3) is 0.185. The van der Waals surface area contributed by atoms with Crippen LogP contribution in [-0.4, -0.2) is 37.7 Å². The second-order valence-electron chi connectivity index (χ2n) is 8.98. The number of hydrogen-bond donors (Lipinski definition) is 2. The highest BCUT2D eigenvalue weighted by atomic mass is 32.2. The quantitative estimate of drug-likeness (QED) is 0.214. The van der Waals surface area contributed by atoms with Gasteiger partial charge in [0.1, 0.15) is 5.75 Å². The van der Waals surface area contributed by atoms with Crippen molar-refractivity contribution in [1.82, 2.24) is 20.2 Å². The van der Waals surface area contributed by atoms with Crippen molar-refractivity contribution in [2.45, 2.75) is 31.3 Å². The first-order valence-electron chi connectivity index (χ1n) is 11.2. The van der Waals surface area contributed by atoms with E-state index in [1.54, 1.807) is 24.3 Å². The second kappa shape index (κ2) is 10.6. The summed E-state index contributed by atoms with van der Waals surface area (Å²) in [5.74, 6) is 0.754. The molecule has 0 fully saturated rings. The largest absolute Gasteiger partial charge is 0.508 e. The molecule has 35 heavy (non-hydrogen) atoms. The minimum absolute atomic E-state index is 0.0603. The average molecular weight is 486 g/mol. The Labute approximate surface area is 208 Å². The summed E-state index contributed by atoms with van der Waals surface area (Å²) in [4.78, 5) is 12.4. The number of benzene rings is 3. The van der Waals surface area contributed by atoms with Crippen molar-refractivity contribution < 1.29 is 9.90 Å². The van der Waals surface area contributed by atoms with Crippen LogP contribution < -0.4 is 5.43 Å². The predicted molar refractivity (Wildman–Crippen MR) is 140 cm³/mol. The number of hydrogen-bond acceptors (Lipinski definition) is 6. The van der Waals surface area contributed by atoms with Gasteiger partial charge in [-0.25, -0.2) is 5.43 Å². The molecular weight excluding hydrogens is 458 g/mol. The van der Waals surface area contributed by atoms with E-state index in [1.807, 2.05) is 34.9 Å². The molecule has 0 aliphatic heterocycles. The summed E-state index contributed by atoms with van der Waals surface area (Å²) in [6, 6.07) is 24.7. The first-order chi connectivity index (χ1) is 16.8. The molecule has 7 nitrogen and oxygen atoms in total. The zero-order chi connectivity index (χ0) is 24.8. The summed E-state index contributed by atoms with van der Waals surface area (Å²) in [5, 5.41) is 22.8. The zero-order valence-electron chi connectivity index (χ0n) is 19.8. The predicted octanol–water partition coefficient (Wildman–Crippen LogP) is 5.18. The first kappa shape index (κ1) is 24.2. The van der Waals surface area contributed by atoms with E-state index in [-0.39, 0.29) is 22.8 Å². The number of para-hydroxylation sites is 1. The molecule has 1 amide bonds. The Morgan fingerprint density at radius 2 is 1.69 bits per heavy atom. The summed E-state index contributed by atoms with van der Waals surface area (Å²) < 4.78 is 1.96. The van der Waals surface area contributed by atoms with E-state index in [9.17, 15) is 9.90 Å². The smallest absolute Gasteiger partial charge is 0.250 e. The molecule has 0 bridgehead atoms. The topological polar surface area (TPSA) is 92.4 Å². The molecule has 4 rings (SSSR count). The third kappa shape index (κ3) is 6.16. The van der Waals surface area contributed by atoms with Crippen molar-refractivity contribution in [3.05, 3.63) is 90.0 Å². The van der Waals surface area contributed by atoms with Crippen LogP contribution in [0.1, 0.15) is 31.9 Å². The van der Waals surface area contributed by atoms with Crippen LogP contribution in [0, 0.1) is 0 Å². The molecule has 0 aliphatic rings. The number of nitrogens with zero attached hydrogens (tertiary/aromatic N) is 4. The van der Waals surface area contributed by atoms with Gasteiger partial charge >= 0.3 is 0 Å². The van der Waals surface area contributed by atoms with Crippen molar-refractivity contribution in [3.8, 4) is 22.8 Å². The van der Waals surface area contributed by atoms with Crippen LogP contribution in [0.3, 0.4) is 0 Å². The molecular formula is C27H27N5O2S. The molecule has 0 atom stereocenters. The van der Waals surface area contributed by atoms with Crippen molar-refractivity contribution >= 4 is 23.9 Å². The van der Waals surface area contributed by atoms with Gasteiger partial charge in [0.25, 0.3) is 5.91 Å². The summed E-state index contributed by atoms with van der Waals surface area (Å²) in [6.07, 6.45) is 1.52. The third-order valence-electron chi connectivity index (χ3n) is 5.29. The van der Waals surface area contributed by atoms with E-state index in [1.165, 1.54) is 23.5 Å². The van der Waals surface area contributed by atoms with Gasteiger partial charge in [0.2, 0.25) is 0 Å². The number of carbonyl (C=O) groups is 1. The number of phenolic OH excluding ortho intramolecular Hbond substituents is 1. The van der Waals surface area contributed by atoms with Crippen molar-refractivity contribution in [2.75, 3.05) is 5.75 Å². The third-order valence-corrected chi connectivity index (χ3v) is 6.21. The maximum Gasteiger partial charge on any atom is 0.250 e. The number of hydrazone groups is 1. The van der Waals surface area contributed by atoms with Crippen LogP contribution in [0.2, 0.25) is 0 Å². The van der Waals surface area contributed by atoms with E-state index in [0.717, 1.165) is 16.8 Å². The van der Waals surface area contributed by atoms with Gasteiger partial charge in [-0.2, -0.15) is 5.10 Å². The second-order valence-corrected chi connectivity index (χ2v) is 9.92. The van der Waals surface area contributed by atoms with Gasteiger partial charge < -0.3 is 5.11 Å². The van der Waals surface area contributed by atoms with Gasteiger partial charge in [-0.05, 0) is 52.9 Å². The lowest BCUT2D eigenvalue weighted by molar-refractivity contribution is -0.118. The van der Waals surface area contributed by atoms with Crippen LogP contribution >= 0.6 is 11.8 Å². The highest BCUT2D eigenvalue weighted by Crippen LogP contribution is 2.30. The minimum Gasteiger partial charge on any atom is -0.508 e. The minimum atomic E-state index is -0.260. The molecule has 3 aromatic carbocycles. The van der Waals surface area contributed by atoms with Gasteiger partial charge in [0.15, 0.2) is 11.0 Å². The SMILES string of the molecule is CC(C)(C)c1ccc(-c2nnc(SCC(=O)N/N=C/c3ccc(O)cc3)n2-c2ccccc2)cc1. The molecule has 0 saturated heterocycles. The lowest BCUT2D eigenvalue weighted by Crippen LogP contribution is -2.20. The molecule has 0 aliphatic carbocycles. The van der Waals surface area contributed by atoms with Gasteiger partial charge in [-0.1, -0.05) is 75.0 Å². The molecule has 0 spiro atoms. The molecule has 1 aromatic heterocycles. The number of rotatable bonds is 7. The Morgan fingerprint density at radius 1 is 1.00 bits per heavy atom. The van der Waals surface area contributed by atoms with E-state index in [2.05, 4.69) is 65.8 Å². The van der Waals surface area contributed by atoms with E-state index >= 15 is 0 Å². The van der Waals surface area contributed by atoms with Gasteiger partial charge in [-0.3, -0.25) is 9.36 Å². The molecule has 8 heteroatoms. The highest BCUT2D eigenvalue weighted by molar-refractivity contribution is 7.99. The van der Waals surface area contributed by atoms with Crippen molar-refractivity contribution in [2.24, 2.45) is 5.10 Å². The molecule has 0 unspecified atom stereocenters. The number of thioether (sulfide) groups is 1. The van der Waals surface area contributed by atoms with Crippen LogP contribution in [0.4, 0.5) is 0 Å². The van der Waals surface area contributed by atoms with E-state index < -0.39 is 0 Å².